The summed E-state index contributed by atoms with van der Waals surface area (Å²) in [5.74, 6) is -0.337. The molecule has 0 atom stereocenters. The van der Waals surface area contributed by atoms with E-state index < -0.39 is 17.6 Å². The zero-order valence-electron chi connectivity index (χ0n) is 11.7. The molecule has 0 radical (unpaired) electrons. The maximum atomic E-state index is 13.7. The SMILES string of the molecule is CC(C)(C)OC(=O)N[C@H]1C[C@@H](c2ccc(Br)nc2F)C1. The minimum Gasteiger partial charge on any atom is -0.444 e. The van der Waals surface area contributed by atoms with Gasteiger partial charge < -0.3 is 10.1 Å². The van der Waals surface area contributed by atoms with E-state index in [1.165, 1.54) is 0 Å². The van der Waals surface area contributed by atoms with Crippen molar-refractivity contribution in [3.05, 3.63) is 28.2 Å². The molecule has 0 aliphatic heterocycles. The highest BCUT2D eigenvalue weighted by molar-refractivity contribution is 9.10. The Morgan fingerprint density at radius 1 is 1.45 bits per heavy atom. The molecule has 20 heavy (non-hydrogen) atoms. The minimum atomic E-state index is -0.505. The third-order valence-electron chi connectivity index (χ3n) is 3.14. The largest absolute Gasteiger partial charge is 0.444 e. The number of nitrogens with one attached hydrogen (secondary N) is 1. The number of aromatic nitrogens is 1. The van der Waals surface area contributed by atoms with Crippen LogP contribution in [0.15, 0.2) is 16.7 Å². The number of carbonyl (C=O) groups excluding carboxylic acids is 1. The topological polar surface area (TPSA) is 51.2 Å². The van der Waals surface area contributed by atoms with Gasteiger partial charge in [-0.25, -0.2) is 9.78 Å². The van der Waals surface area contributed by atoms with Crippen LogP contribution < -0.4 is 5.32 Å². The van der Waals surface area contributed by atoms with Crippen molar-refractivity contribution in [1.82, 2.24) is 10.3 Å². The fraction of sp³-hybridized carbons (Fsp3) is 0.571. The zero-order valence-corrected chi connectivity index (χ0v) is 13.3. The van der Waals surface area contributed by atoms with Crippen LogP contribution in [0.5, 0.6) is 0 Å². The molecule has 1 amide bonds. The minimum absolute atomic E-state index is 0.0397. The van der Waals surface area contributed by atoms with Crippen LogP contribution in [0.2, 0.25) is 0 Å². The molecule has 1 heterocycles. The average Bonchev–Trinajstić information content (AvgIpc) is 2.21. The molecule has 2 rings (SSSR count). The van der Waals surface area contributed by atoms with Crippen LogP contribution in [0.1, 0.15) is 45.1 Å². The predicted molar refractivity (Wildman–Crippen MR) is 77.0 cm³/mol. The summed E-state index contributed by atoms with van der Waals surface area (Å²) in [6.07, 6.45) is 0.995. The highest BCUT2D eigenvalue weighted by Gasteiger charge is 2.34. The molecule has 1 N–H and O–H groups in total. The molecule has 110 valence electrons. The van der Waals surface area contributed by atoms with Crippen molar-refractivity contribution in [2.45, 2.75) is 51.2 Å². The molecule has 4 nitrogen and oxygen atoms in total. The van der Waals surface area contributed by atoms with Gasteiger partial charge in [0.2, 0.25) is 5.95 Å². The second-order valence-corrected chi connectivity index (χ2v) is 6.84. The number of hydrogen-bond acceptors (Lipinski definition) is 3. The number of rotatable bonds is 2. The summed E-state index contributed by atoms with van der Waals surface area (Å²) in [4.78, 5) is 15.3. The van der Waals surface area contributed by atoms with Gasteiger partial charge in [-0.15, -0.1) is 0 Å². The molecule has 1 aliphatic rings. The summed E-state index contributed by atoms with van der Waals surface area (Å²) in [6.45, 7) is 5.46. The molecule has 0 spiro atoms. The summed E-state index contributed by atoms with van der Waals surface area (Å²) in [7, 11) is 0. The monoisotopic (exact) mass is 344 g/mol. The maximum absolute atomic E-state index is 13.7. The number of carbonyl (C=O) groups is 1. The van der Waals surface area contributed by atoms with Gasteiger partial charge in [0.15, 0.2) is 0 Å². The van der Waals surface area contributed by atoms with E-state index in [9.17, 15) is 9.18 Å². The van der Waals surface area contributed by atoms with Crippen LogP contribution in [0.3, 0.4) is 0 Å². The quantitative estimate of drug-likeness (QED) is 0.831. The van der Waals surface area contributed by atoms with Crippen molar-refractivity contribution in [2.24, 2.45) is 0 Å². The number of amides is 1. The van der Waals surface area contributed by atoms with Crippen LogP contribution in [0.4, 0.5) is 9.18 Å². The number of halogens is 2. The van der Waals surface area contributed by atoms with Gasteiger partial charge in [0.25, 0.3) is 0 Å². The lowest BCUT2D eigenvalue weighted by molar-refractivity contribution is 0.0470. The van der Waals surface area contributed by atoms with Crippen molar-refractivity contribution in [3.63, 3.8) is 0 Å². The fourth-order valence-electron chi connectivity index (χ4n) is 2.19. The van der Waals surface area contributed by atoms with Crippen LogP contribution in [0, 0.1) is 5.95 Å². The van der Waals surface area contributed by atoms with Crippen molar-refractivity contribution in [1.29, 1.82) is 0 Å². The fourth-order valence-corrected chi connectivity index (χ4v) is 2.48. The molecule has 0 bridgehead atoms. The number of hydrogen-bond donors (Lipinski definition) is 1. The van der Waals surface area contributed by atoms with Crippen LogP contribution in [-0.4, -0.2) is 22.7 Å². The lowest BCUT2D eigenvalue weighted by Crippen LogP contribution is -2.45. The summed E-state index contributed by atoms with van der Waals surface area (Å²) < 4.78 is 19.3. The summed E-state index contributed by atoms with van der Waals surface area (Å²) in [6, 6.07) is 3.51. The van der Waals surface area contributed by atoms with Gasteiger partial charge in [-0.05, 0) is 61.5 Å². The molecule has 6 heteroatoms. The van der Waals surface area contributed by atoms with Crippen molar-refractivity contribution in [2.75, 3.05) is 0 Å². The maximum Gasteiger partial charge on any atom is 0.407 e. The first-order chi connectivity index (χ1) is 9.24. The van der Waals surface area contributed by atoms with E-state index in [1.807, 2.05) is 20.8 Å². The van der Waals surface area contributed by atoms with E-state index in [1.54, 1.807) is 12.1 Å². The first-order valence-corrected chi connectivity index (χ1v) is 7.35. The standard InChI is InChI=1S/C14H18BrFN2O2/c1-14(2,3)20-13(19)17-9-6-8(7-9)10-4-5-11(15)18-12(10)16/h4-5,8-9H,6-7H2,1-3H3,(H,17,19)/t8-,9+. The first kappa shape index (κ1) is 15.2. The molecule has 1 fully saturated rings. The lowest BCUT2D eigenvalue weighted by Gasteiger charge is -2.36. The Bertz CT molecular complexity index is 510. The van der Waals surface area contributed by atoms with E-state index in [0.717, 1.165) is 0 Å². The second-order valence-electron chi connectivity index (χ2n) is 6.03. The summed E-state index contributed by atoms with van der Waals surface area (Å²) in [5.41, 5.74) is 0.102. The highest BCUT2D eigenvalue weighted by Crippen LogP contribution is 2.38. The Kier molecular flexibility index (Phi) is 4.32. The lowest BCUT2D eigenvalue weighted by atomic mass is 9.76. The molecular weight excluding hydrogens is 327 g/mol. The van der Waals surface area contributed by atoms with E-state index in [2.05, 4.69) is 26.2 Å². The van der Waals surface area contributed by atoms with E-state index in [0.29, 0.717) is 23.0 Å². The van der Waals surface area contributed by atoms with Gasteiger partial charge >= 0.3 is 6.09 Å². The van der Waals surface area contributed by atoms with Gasteiger partial charge in [0.05, 0.1) is 0 Å². The van der Waals surface area contributed by atoms with Crippen LogP contribution in [0.25, 0.3) is 0 Å². The van der Waals surface area contributed by atoms with E-state index in [-0.39, 0.29) is 12.0 Å². The van der Waals surface area contributed by atoms with Crippen molar-refractivity contribution >= 4 is 22.0 Å². The van der Waals surface area contributed by atoms with Gasteiger partial charge in [-0.3, -0.25) is 0 Å². The van der Waals surface area contributed by atoms with Gasteiger partial charge in [0.1, 0.15) is 10.2 Å². The van der Waals surface area contributed by atoms with Crippen molar-refractivity contribution in [3.8, 4) is 0 Å². The average molecular weight is 345 g/mol. The molecule has 1 aliphatic carbocycles. The van der Waals surface area contributed by atoms with Crippen molar-refractivity contribution < 1.29 is 13.9 Å². The Labute approximate surface area is 126 Å². The second kappa shape index (κ2) is 5.68. The smallest absolute Gasteiger partial charge is 0.407 e. The molecule has 0 aromatic carbocycles. The Morgan fingerprint density at radius 2 is 2.10 bits per heavy atom. The highest BCUT2D eigenvalue weighted by atomic mass is 79.9. The molecular formula is C14H18BrFN2O2. The summed E-state index contributed by atoms with van der Waals surface area (Å²) in [5, 5.41) is 2.79. The van der Waals surface area contributed by atoms with Crippen LogP contribution >= 0.6 is 15.9 Å². The Morgan fingerprint density at radius 3 is 2.65 bits per heavy atom. The molecule has 1 saturated carbocycles. The van der Waals surface area contributed by atoms with E-state index >= 15 is 0 Å². The van der Waals surface area contributed by atoms with Gasteiger partial charge in [-0.2, -0.15) is 4.39 Å². The third-order valence-corrected chi connectivity index (χ3v) is 3.58. The molecule has 0 saturated heterocycles. The Hall–Kier alpha value is -1.17. The number of ether oxygens (including phenoxy) is 1. The molecule has 0 unspecified atom stereocenters. The predicted octanol–water partition coefficient (Wildman–Crippen LogP) is 3.75. The normalized spacial score (nSPS) is 22.1. The first-order valence-electron chi connectivity index (χ1n) is 6.56. The van der Waals surface area contributed by atoms with Gasteiger partial charge in [-0.1, -0.05) is 6.07 Å². The zero-order chi connectivity index (χ0) is 14.9. The summed E-state index contributed by atoms with van der Waals surface area (Å²) >= 11 is 3.13. The molecule has 1 aromatic heterocycles. The Balaban J connectivity index is 1.84. The third kappa shape index (κ3) is 3.91. The van der Waals surface area contributed by atoms with Crippen LogP contribution in [-0.2, 0) is 4.74 Å². The number of nitrogens with zero attached hydrogens (tertiary/aromatic N) is 1. The van der Waals surface area contributed by atoms with E-state index in [4.69, 9.17) is 4.74 Å². The number of alkyl carbamates (subject to hydrolysis) is 1. The van der Waals surface area contributed by atoms with Gasteiger partial charge in [0, 0.05) is 11.6 Å². The molecule has 1 aromatic rings. The number of pyridine rings is 1.